The van der Waals surface area contributed by atoms with Gasteiger partial charge in [0.25, 0.3) is 0 Å². The van der Waals surface area contributed by atoms with Gasteiger partial charge in [-0.3, -0.25) is 0 Å². The van der Waals surface area contributed by atoms with Gasteiger partial charge in [0.15, 0.2) is 0 Å². The largest absolute Gasteiger partial charge is 0.444 e. The molecule has 2 aromatic heterocycles. The Balaban J connectivity index is 1.77. The van der Waals surface area contributed by atoms with Crippen LogP contribution in [0.4, 0.5) is 16.4 Å². The number of aromatic nitrogens is 2. The van der Waals surface area contributed by atoms with Gasteiger partial charge in [-0.25, -0.2) is 14.8 Å². The standard InChI is InChI=1S/C19H22Cl2N4O2/c1-19(2,3)27-18(26)25-8-4-5-15(25)12-6-7-22-16(9-12)24-17-10-13(20)14(21)11-23-17/h6-7,9-11,15H,4-5,8H2,1-3H3,(H,22,23,24). The summed E-state index contributed by atoms with van der Waals surface area (Å²) >= 11 is 11.9. The van der Waals surface area contributed by atoms with Crippen LogP contribution in [0.5, 0.6) is 0 Å². The van der Waals surface area contributed by atoms with E-state index in [2.05, 4.69) is 15.3 Å². The molecule has 1 atom stereocenters. The Bertz CT molecular complexity index is 839. The van der Waals surface area contributed by atoms with Crippen LogP contribution in [0.25, 0.3) is 0 Å². The van der Waals surface area contributed by atoms with Crippen LogP contribution in [-0.4, -0.2) is 33.1 Å². The molecule has 1 unspecified atom stereocenters. The molecule has 144 valence electrons. The number of hydrogen-bond donors (Lipinski definition) is 1. The zero-order valence-corrected chi connectivity index (χ0v) is 17.0. The van der Waals surface area contributed by atoms with Crippen molar-refractivity contribution in [1.82, 2.24) is 14.9 Å². The van der Waals surface area contributed by atoms with E-state index in [9.17, 15) is 4.79 Å². The monoisotopic (exact) mass is 408 g/mol. The van der Waals surface area contributed by atoms with E-state index < -0.39 is 5.60 Å². The van der Waals surface area contributed by atoms with Crippen molar-refractivity contribution in [2.45, 2.75) is 45.3 Å². The summed E-state index contributed by atoms with van der Waals surface area (Å²) in [5.41, 5.74) is 0.477. The molecule has 27 heavy (non-hydrogen) atoms. The van der Waals surface area contributed by atoms with Gasteiger partial charge in [0, 0.05) is 25.0 Å². The normalized spacial score (nSPS) is 17.1. The Morgan fingerprint density at radius 2 is 1.96 bits per heavy atom. The minimum atomic E-state index is -0.519. The molecule has 0 aromatic carbocycles. The van der Waals surface area contributed by atoms with Gasteiger partial charge in [-0.1, -0.05) is 23.2 Å². The maximum absolute atomic E-state index is 12.5. The molecular formula is C19H22Cl2N4O2. The Morgan fingerprint density at radius 3 is 2.67 bits per heavy atom. The fourth-order valence-corrected chi connectivity index (χ4v) is 3.24. The second kappa shape index (κ2) is 7.90. The molecule has 0 bridgehead atoms. The molecule has 0 aliphatic carbocycles. The predicted octanol–water partition coefficient (Wildman–Crippen LogP) is 5.60. The molecule has 1 aliphatic heterocycles. The van der Waals surface area contributed by atoms with Crippen LogP contribution in [0.3, 0.4) is 0 Å². The van der Waals surface area contributed by atoms with Crippen molar-refractivity contribution in [1.29, 1.82) is 0 Å². The fourth-order valence-electron chi connectivity index (χ4n) is 2.99. The number of amides is 1. The van der Waals surface area contributed by atoms with E-state index in [1.54, 1.807) is 17.2 Å². The summed E-state index contributed by atoms with van der Waals surface area (Å²) < 4.78 is 5.54. The highest BCUT2D eigenvalue weighted by molar-refractivity contribution is 6.42. The van der Waals surface area contributed by atoms with Gasteiger partial charge in [0.1, 0.15) is 17.2 Å². The smallest absolute Gasteiger partial charge is 0.410 e. The van der Waals surface area contributed by atoms with Crippen LogP contribution in [0.2, 0.25) is 10.0 Å². The van der Waals surface area contributed by atoms with Crippen LogP contribution in [0.15, 0.2) is 30.6 Å². The van der Waals surface area contributed by atoms with Crippen molar-refractivity contribution < 1.29 is 9.53 Å². The Labute approximate surface area is 168 Å². The van der Waals surface area contributed by atoms with Crippen molar-refractivity contribution in [2.24, 2.45) is 0 Å². The summed E-state index contributed by atoms with van der Waals surface area (Å²) in [6.07, 6.45) is 4.72. The number of ether oxygens (including phenoxy) is 1. The highest BCUT2D eigenvalue weighted by Crippen LogP contribution is 2.34. The molecule has 3 rings (SSSR count). The molecule has 1 amide bonds. The molecule has 0 radical (unpaired) electrons. The number of hydrogen-bond acceptors (Lipinski definition) is 5. The average molecular weight is 409 g/mol. The third kappa shape index (κ3) is 5.02. The molecule has 0 saturated carbocycles. The second-order valence-electron chi connectivity index (χ2n) is 7.41. The van der Waals surface area contributed by atoms with Gasteiger partial charge in [0.2, 0.25) is 0 Å². The zero-order valence-electron chi connectivity index (χ0n) is 15.5. The minimum absolute atomic E-state index is 0.0369. The van der Waals surface area contributed by atoms with E-state index in [1.165, 1.54) is 6.20 Å². The number of pyridine rings is 2. The maximum atomic E-state index is 12.5. The van der Waals surface area contributed by atoms with Gasteiger partial charge in [-0.05, 0) is 51.3 Å². The number of anilines is 2. The van der Waals surface area contributed by atoms with Crippen LogP contribution < -0.4 is 5.32 Å². The summed E-state index contributed by atoms with van der Waals surface area (Å²) in [4.78, 5) is 22.8. The predicted molar refractivity (Wildman–Crippen MR) is 107 cm³/mol. The topological polar surface area (TPSA) is 67.3 Å². The zero-order chi connectivity index (χ0) is 19.6. The maximum Gasteiger partial charge on any atom is 0.410 e. The Hall–Kier alpha value is -2.05. The lowest BCUT2D eigenvalue weighted by Crippen LogP contribution is -2.36. The van der Waals surface area contributed by atoms with Gasteiger partial charge in [0.05, 0.1) is 16.1 Å². The molecule has 1 fully saturated rings. The van der Waals surface area contributed by atoms with E-state index in [4.69, 9.17) is 27.9 Å². The summed E-state index contributed by atoms with van der Waals surface area (Å²) in [6.45, 7) is 6.29. The Morgan fingerprint density at radius 1 is 1.22 bits per heavy atom. The summed E-state index contributed by atoms with van der Waals surface area (Å²) in [7, 11) is 0. The molecule has 6 nitrogen and oxygen atoms in total. The quantitative estimate of drug-likeness (QED) is 0.715. The van der Waals surface area contributed by atoms with Crippen LogP contribution in [0.1, 0.15) is 45.2 Å². The third-order valence-corrected chi connectivity index (χ3v) is 4.82. The highest BCUT2D eigenvalue weighted by Gasteiger charge is 2.33. The molecule has 2 aromatic rings. The van der Waals surface area contributed by atoms with Crippen molar-refractivity contribution >= 4 is 40.9 Å². The average Bonchev–Trinajstić information content (AvgIpc) is 3.07. The first-order valence-electron chi connectivity index (χ1n) is 8.76. The number of likely N-dealkylation sites (tertiary alicyclic amines) is 1. The van der Waals surface area contributed by atoms with E-state index in [1.807, 2.05) is 32.9 Å². The van der Waals surface area contributed by atoms with Crippen molar-refractivity contribution in [3.63, 3.8) is 0 Å². The number of carbonyl (C=O) groups is 1. The molecule has 1 N–H and O–H groups in total. The van der Waals surface area contributed by atoms with Crippen LogP contribution in [0, 0.1) is 0 Å². The molecule has 3 heterocycles. The first-order chi connectivity index (χ1) is 12.7. The number of carbonyl (C=O) groups excluding carboxylic acids is 1. The van der Waals surface area contributed by atoms with Crippen LogP contribution >= 0.6 is 23.2 Å². The lowest BCUT2D eigenvalue weighted by atomic mass is 10.1. The van der Waals surface area contributed by atoms with Crippen molar-refractivity contribution in [2.75, 3.05) is 11.9 Å². The third-order valence-electron chi connectivity index (χ3n) is 4.11. The number of nitrogens with one attached hydrogen (secondary N) is 1. The Kier molecular flexibility index (Phi) is 5.77. The van der Waals surface area contributed by atoms with Gasteiger partial charge < -0.3 is 15.0 Å². The number of halogens is 2. The summed E-state index contributed by atoms with van der Waals surface area (Å²) in [5.74, 6) is 1.17. The first-order valence-corrected chi connectivity index (χ1v) is 9.52. The fraction of sp³-hybridized carbons (Fsp3) is 0.421. The summed E-state index contributed by atoms with van der Waals surface area (Å²) in [5, 5.41) is 3.92. The number of rotatable bonds is 3. The lowest BCUT2D eigenvalue weighted by Gasteiger charge is -2.29. The van der Waals surface area contributed by atoms with E-state index in [-0.39, 0.29) is 12.1 Å². The lowest BCUT2D eigenvalue weighted by molar-refractivity contribution is 0.0224. The molecule has 1 aliphatic rings. The van der Waals surface area contributed by atoms with E-state index >= 15 is 0 Å². The summed E-state index contributed by atoms with van der Waals surface area (Å²) in [6, 6.07) is 5.43. The molecule has 1 saturated heterocycles. The van der Waals surface area contributed by atoms with E-state index in [0.29, 0.717) is 28.2 Å². The second-order valence-corrected chi connectivity index (χ2v) is 8.23. The van der Waals surface area contributed by atoms with Crippen molar-refractivity contribution in [3.05, 3.63) is 46.2 Å². The van der Waals surface area contributed by atoms with Crippen LogP contribution in [-0.2, 0) is 4.74 Å². The van der Waals surface area contributed by atoms with E-state index in [0.717, 1.165) is 18.4 Å². The molecular weight excluding hydrogens is 387 g/mol. The van der Waals surface area contributed by atoms with Gasteiger partial charge >= 0.3 is 6.09 Å². The highest BCUT2D eigenvalue weighted by atomic mass is 35.5. The molecule has 0 spiro atoms. The number of nitrogens with zero attached hydrogens (tertiary/aromatic N) is 3. The van der Waals surface area contributed by atoms with Crippen molar-refractivity contribution in [3.8, 4) is 0 Å². The SMILES string of the molecule is CC(C)(C)OC(=O)N1CCCC1c1ccnc(Nc2cc(Cl)c(Cl)cn2)c1. The minimum Gasteiger partial charge on any atom is -0.444 e. The molecule has 8 heteroatoms. The van der Waals surface area contributed by atoms with Gasteiger partial charge in [-0.2, -0.15) is 0 Å². The van der Waals surface area contributed by atoms with Gasteiger partial charge in [-0.15, -0.1) is 0 Å². The first kappa shape index (κ1) is 19.7.